The average molecular weight is 279 g/mol. The molecule has 2 aromatic rings. The molecule has 0 aliphatic carbocycles. The molecule has 0 saturated carbocycles. The summed E-state index contributed by atoms with van der Waals surface area (Å²) in [5, 5.41) is 3.55. The van der Waals surface area contributed by atoms with Crippen molar-refractivity contribution in [2.75, 3.05) is 6.54 Å². The smallest absolute Gasteiger partial charge is 0.251 e. The van der Waals surface area contributed by atoms with Crippen LogP contribution < -0.4 is 10.9 Å². The Morgan fingerprint density at radius 1 is 1.42 bits per heavy atom. The molecule has 0 fully saturated rings. The van der Waals surface area contributed by atoms with Crippen LogP contribution in [0, 0.1) is 5.82 Å². The summed E-state index contributed by atoms with van der Waals surface area (Å²) in [4.78, 5) is 18.6. The maximum atomic E-state index is 13.8. The molecule has 1 heterocycles. The predicted octanol–water partition coefficient (Wildman–Crippen LogP) is 2.17. The van der Waals surface area contributed by atoms with Crippen LogP contribution in [0.2, 0.25) is 0 Å². The van der Waals surface area contributed by atoms with Crippen LogP contribution in [0.3, 0.4) is 0 Å². The molecule has 19 heavy (non-hydrogen) atoms. The van der Waals surface area contributed by atoms with Crippen molar-refractivity contribution >= 4 is 11.8 Å². The number of rotatable bonds is 5. The van der Waals surface area contributed by atoms with Crippen molar-refractivity contribution in [3.63, 3.8) is 0 Å². The number of nitrogens with zero attached hydrogens (tertiary/aromatic N) is 1. The fourth-order valence-electron chi connectivity index (χ4n) is 1.56. The molecule has 100 valence electrons. The summed E-state index contributed by atoms with van der Waals surface area (Å²) in [6, 6.07) is 6.23. The van der Waals surface area contributed by atoms with Crippen LogP contribution in [0.15, 0.2) is 45.3 Å². The number of benzene rings is 1. The molecule has 0 bridgehead atoms. The maximum absolute atomic E-state index is 13.8. The SMILES string of the molecule is CCNCc1c(F)cccc1Sc1nccc(=O)[nH]1. The van der Waals surface area contributed by atoms with Crippen molar-refractivity contribution < 1.29 is 4.39 Å². The van der Waals surface area contributed by atoms with Crippen molar-refractivity contribution in [3.05, 3.63) is 52.2 Å². The molecule has 1 aromatic heterocycles. The minimum absolute atomic E-state index is 0.220. The van der Waals surface area contributed by atoms with Gasteiger partial charge in [-0.3, -0.25) is 4.79 Å². The lowest BCUT2D eigenvalue weighted by Crippen LogP contribution is -2.14. The van der Waals surface area contributed by atoms with Crippen LogP contribution in [0.1, 0.15) is 12.5 Å². The molecular weight excluding hydrogens is 265 g/mol. The summed E-state index contributed by atoms with van der Waals surface area (Å²) >= 11 is 1.25. The molecule has 1 aromatic carbocycles. The molecule has 0 saturated heterocycles. The van der Waals surface area contributed by atoms with Crippen molar-refractivity contribution in [3.8, 4) is 0 Å². The van der Waals surface area contributed by atoms with Gasteiger partial charge in [0.25, 0.3) is 5.56 Å². The Labute approximate surface area is 114 Å². The first-order valence-electron chi connectivity index (χ1n) is 5.92. The van der Waals surface area contributed by atoms with E-state index in [4.69, 9.17) is 0 Å². The summed E-state index contributed by atoms with van der Waals surface area (Å²) in [7, 11) is 0. The molecule has 0 amide bonds. The second-order valence-electron chi connectivity index (χ2n) is 3.84. The molecule has 2 N–H and O–H groups in total. The topological polar surface area (TPSA) is 57.8 Å². The summed E-state index contributed by atoms with van der Waals surface area (Å²) in [5.41, 5.74) is 0.364. The Hall–Kier alpha value is -1.66. The van der Waals surface area contributed by atoms with Crippen molar-refractivity contribution in [2.24, 2.45) is 0 Å². The van der Waals surface area contributed by atoms with Gasteiger partial charge in [0.15, 0.2) is 5.16 Å². The van der Waals surface area contributed by atoms with Crippen LogP contribution in [0.4, 0.5) is 4.39 Å². The first-order chi connectivity index (χ1) is 9.20. The summed E-state index contributed by atoms with van der Waals surface area (Å²) in [5.74, 6) is -0.260. The highest BCUT2D eigenvalue weighted by Gasteiger charge is 2.10. The number of aromatic nitrogens is 2. The first kappa shape index (κ1) is 13.8. The highest BCUT2D eigenvalue weighted by molar-refractivity contribution is 7.99. The fourth-order valence-corrected chi connectivity index (χ4v) is 2.48. The maximum Gasteiger partial charge on any atom is 0.251 e. The van der Waals surface area contributed by atoms with E-state index in [0.717, 1.165) is 11.4 Å². The van der Waals surface area contributed by atoms with Crippen LogP contribution in [-0.2, 0) is 6.54 Å². The molecule has 0 radical (unpaired) electrons. The number of hydrogen-bond donors (Lipinski definition) is 2. The third kappa shape index (κ3) is 3.65. The van der Waals surface area contributed by atoms with E-state index in [1.807, 2.05) is 13.0 Å². The normalized spacial score (nSPS) is 10.6. The zero-order valence-corrected chi connectivity index (χ0v) is 11.3. The van der Waals surface area contributed by atoms with E-state index in [9.17, 15) is 9.18 Å². The van der Waals surface area contributed by atoms with E-state index in [-0.39, 0.29) is 11.4 Å². The van der Waals surface area contributed by atoms with Gasteiger partial charge in [-0.05, 0) is 18.7 Å². The van der Waals surface area contributed by atoms with Crippen LogP contribution in [-0.4, -0.2) is 16.5 Å². The number of halogens is 1. The van der Waals surface area contributed by atoms with Gasteiger partial charge in [0.1, 0.15) is 5.82 Å². The lowest BCUT2D eigenvalue weighted by molar-refractivity contribution is 0.585. The lowest BCUT2D eigenvalue weighted by Gasteiger charge is -2.09. The zero-order chi connectivity index (χ0) is 13.7. The molecule has 2 rings (SSSR count). The van der Waals surface area contributed by atoms with Crippen molar-refractivity contribution in [1.82, 2.24) is 15.3 Å². The van der Waals surface area contributed by atoms with E-state index in [1.54, 1.807) is 6.07 Å². The number of H-pyrrole nitrogens is 1. The lowest BCUT2D eigenvalue weighted by atomic mass is 10.2. The average Bonchev–Trinajstić information content (AvgIpc) is 2.38. The van der Waals surface area contributed by atoms with E-state index < -0.39 is 0 Å². The third-order valence-electron chi connectivity index (χ3n) is 2.48. The predicted molar refractivity (Wildman–Crippen MR) is 72.8 cm³/mol. The van der Waals surface area contributed by atoms with Crippen LogP contribution in [0.25, 0.3) is 0 Å². The van der Waals surface area contributed by atoms with E-state index in [2.05, 4.69) is 15.3 Å². The molecule has 6 heteroatoms. The quantitative estimate of drug-likeness (QED) is 0.824. The molecule has 0 aliphatic heterocycles. The van der Waals surface area contributed by atoms with E-state index in [1.165, 1.54) is 30.1 Å². The van der Waals surface area contributed by atoms with Gasteiger partial charge in [0.2, 0.25) is 0 Å². The Kier molecular flexibility index (Phi) is 4.70. The Morgan fingerprint density at radius 2 is 2.26 bits per heavy atom. The monoisotopic (exact) mass is 279 g/mol. The Bertz CT molecular complexity index is 615. The zero-order valence-electron chi connectivity index (χ0n) is 10.4. The van der Waals surface area contributed by atoms with Crippen LogP contribution >= 0.6 is 11.8 Å². The molecule has 0 atom stereocenters. The molecule has 0 spiro atoms. The van der Waals surface area contributed by atoms with Gasteiger partial charge in [-0.2, -0.15) is 0 Å². The van der Waals surface area contributed by atoms with Gasteiger partial charge in [-0.1, -0.05) is 24.8 Å². The number of aromatic amines is 1. The van der Waals surface area contributed by atoms with Crippen LogP contribution in [0.5, 0.6) is 0 Å². The van der Waals surface area contributed by atoms with Gasteiger partial charge < -0.3 is 10.3 Å². The second-order valence-corrected chi connectivity index (χ2v) is 4.87. The minimum Gasteiger partial charge on any atom is -0.313 e. The first-order valence-corrected chi connectivity index (χ1v) is 6.73. The Morgan fingerprint density at radius 3 is 3.00 bits per heavy atom. The molecule has 0 aliphatic rings. The van der Waals surface area contributed by atoms with Gasteiger partial charge in [0.05, 0.1) is 0 Å². The summed E-state index contributed by atoms with van der Waals surface area (Å²) in [6.07, 6.45) is 1.43. The van der Waals surface area contributed by atoms with Gasteiger partial charge in [-0.25, -0.2) is 9.37 Å². The van der Waals surface area contributed by atoms with Gasteiger partial charge in [0, 0.05) is 29.3 Å². The molecule has 0 unspecified atom stereocenters. The highest BCUT2D eigenvalue weighted by Crippen LogP contribution is 2.28. The summed E-state index contributed by atoms with van der Waals surface area (Å²) in [6.45, 7) is 3.17. The number of nitrogens with one attached hydrogen (secondary N) is 2. The summed E-state index contributed by atoms with van der Waals surface area (Å²) < 4.78 is 13.8. The van der Waals surface area contributed by atoms with Gasteiger partial charge in [-0.15, -0.1) is 0 Å². The van der Waals surface area contributed by atoms with Crippen molar-refractivity contribution in [1.29, 1.82) is 0 Å². The Balaban J connectivity index is 2.29. The van der Waals surface area contributed by atoms with Gasteiger partial charge >= 0.3 is 0 Å². The van der Waals surface area contributed by atoms with E-state index in [0.29, 0.717) is 17.3 Å². The van der Waals surface area contributed by atoms with Crippen molar-refractivity contribution in [2.45, 2.75) is 23.5 Å². The standard InChI is InChI=1S/C13H14FN3OS/c1-2-15-8-9-10(14)4-3-5-11(9)19-13-16-7-6-12(18)17-13/h3-7,15H,2,8H2,1H3,(H,16,17,18). The second kappa shape index (κ2) is 6.49. The fraction of sp³-hybridized carbons (Fsp3) is 0.231. The third-order valence-corrected chi connectivity index (χ3v) is 3.49. The highest BCUT2D eigenvalue weighted by atomic mass is 32.2. The minimum atomic E-state index is -0.260. The molecular formula is C13H14FN3OS. The largest absolute Gasteiger partial charge is 0.313 e. The molecule has 4 nitrogen and oxygen atoms in total. The number of hydrogen-bond acceptors (Lipinski definition) is 4. The van der Waals surface area contributed by atoms with E-state index >= 15 is 0 Å².